The van der Waals surface area contributed by atoms with Gasteiger partial charge in [-0.25, -0.2) is 4.98 Å². The van der Waals surface area contributed by atoms with Crippen LogP contribution in [-0.2, 0) is 0 Å². The number of hydrogen-bond donors (Lipinski definition) is 0. The number of aromatic nitrogens is 4. The molecule has 8 heteroatoms. The molecule has 0 N–H and O–H groups in total. The van der Waals surface area contributed by atoms with Gasteiger partial charge in [-0.15, -0.1) is 10.2 Å². The standard InChI is InChI=1S/C24H22F3N5/c25-24(26,27)22(31-12-1-2-13-31)17-9-11-20-29-30-23(32(20)14-17)19-10-8-16-4-3-5-18(15-6-7-15)21(16)28-19/h3-5,8-11,14-15,22H,1-2,6-7,12-13H2/t22-/m1/s1. The van der Waals surface area contributed by atoms with E-state index in [0.717, 1.165) is 36.6 Å². The lowest BCUT2D eigenvalue weighted by molar-refractivity contribution is -0.183. The van der Waals surface area contributed by atoms with Gasteiger partial charge in [-0.3, -0.25) is 9.30 Å². The Bertz CT molecular complexity index is 1300. The monoisotopic (exact) mass is 437 g/mol. The molecule has 1 aliphatic heterocycles. The molecule has 4 heterocycles. The fourth-order valence-electron chi connectivity index (χ4n) is 4.87. The molecule has 0 radical (unpaired) electrons. The summed E-state index contributed by atoms with van der Waals surface area (Å²) in [6.45, 7) is 0.904. The van der Waals surface area contributed by atoms with E-state index in [9.17, 15) is 13.2 Å². The van der Waals surface area contributed by atoms with Gasteiger partial charge >= 0.3 is 6.18 Å². The van der Waals surface area contributed by atoms with Crippen LogP contribution in [0.5, 0.6) is 0 Å². The Labute approximate surface area is 182 Å². The summed E-state index contributed by atoms with van der Waals surface area (Å²) in [4.78, 5) is 6.39. The second kappa shape index (κ2) is 7.27. The highest BCUT2D eigenvalue weighted by Gasteiger charge is 2.45. The lowest BCUT2D eigenvalue weighted by Crippen LogP contribution is -2.36. The molecule has 1 aromatic carbocycles. The Balaban J connectivity index is 1.47. The van der Waals surface area contributed by atoms with Crippen molar-refractivity contribution in [2.45, 2.75) is 43.8 Å². The van der Waals surface area contributed by atoms with Crippen LogP contribution in [0.1, 0.15) is 48.8 Å². The second-order valence-electron chi connectivity index (χ2n) is 8.79. The van der Waals surface area contributed by atoms with Gasteiger partial charge in [-0.2, -0.15) is 13.2 Å². The van der Waals surface area contributed by atoms with Gasteiger partial charge in [0.2, 0.25) is 0 Å². The highest BCUT2D eigenvalue weighted by molar-refractivity contribution is 5.84. The SMILES string of the molecule is FC(F)(F)[C@@H](c1ccc2nnc(-c3ccc4cccc(C5CC5)c4n3)n2c1)N1CCCC1. The third-order valence-corrected chi connectivity index (χ3v) is 6.55. The zero-order chi connectivity index (χ0) is 21.9. The van der Waals surface area contributed by atoms with Gasteiger partial charge < -0.3 is 0 Å². The molecule has 4 aromatic rings. The highest BCUT2D eigenvalue weighted by Crippen LogP contribution is 2.43. The average molecular weight is 437 g/mol. The van der Waals surface area contributed by atoms with Gasteiger partial charge in [0.15, 0.2) is 11.5 Å². The summed E-state index contributed by atoms with van der Waals surface area (Å²) >= 11 is 0. The Kier molecular flexibility index (Phi) is 4.47. The Morgan fingerprint density at radius 1 is 0.938 bits per heavy atom. The minimum absolute atomic E-state index is 0.201. The van der Waals surface area contributed by atoms with Gasteiger partial charge in [-0.1, -0.05) is 30.3 Å². The number of hydrogen-bond acceptors (Lipinski definition) is 4. The molecule has 1 atom stereocenters. The van der Waals surface area contributed by atoms with Gasteiger partial charge in [0.05, 0.1) is 5.52 Å². The number of rotatable bonds is 4. The fraction of sp³-hybridized carbons (Fsp3) is 0.375. The number of benzene rings is 1. The largest absolute Gasteiger partial charge is 0.408 e. The minimum atomic E-state index is -4.35. The van der Waals surface area contributed by atoms with E-state index in [1.165, 1.54) is 22.7 Å². The van der Waals surface area contributed by atoms with E-state index in [4.69, 9.17) is 4.98 Å². The summed E-state index contributed by atoms with van der Waals surface area (Å²) in [6.07, 6.45) is 1.08. The number of nitrogens with zero attached hydrogens (tertiary/aromatic N) is 5. The van der Waals surface area contributed by atoms with Crippen molar-refractivity contribution in [1.82, 2.24) is 24.5 Å². The van der Waals surface area contributed by atoms with Crippen LogP contribution >= 0.6 is 0 Å². The second-order valence-corrected chi connectivity index (χ2v) is 8.79. The van der Waals surface area contributed by atoms with Crippen molar-refractivity contribution >= 4 is 16.6 Å². The van der Waals surface area contributed by atoms with E-state index in [2.05, 4.69) is 16.3 Å². The first kappa shape index (κ1) is 19.7. The van der Waals surface area contributed by atoms with Gasteiger partial charge in [0, 0.05) is 11.6 Å². The smallest absolute Gasteiger partial charge is 0.289 e. The van der Waals surface area contributed by atoms with Gasteiger partial charge in [0.25, 0.3) is 0 Å². The Hall–Kier alpha value is -3.00. The summed E-state index contributed by atoms with van der Waals surface area (Å²) in [6, 6.07) is 11.5. The normalized spacial score (nSPS) is 18.6. The van der Waals surface area contributed by atoms with E-state index in [1.807, 2.05) is 24.3 Å². The van der Waals surface area contributed by atoms with Crippen molar-refractivity contribution in [1.29, 1.82) is 0 Å². The molecule has 1 saturated carbocycles. The summed E-state index contributed by atoms with van der Waals surface area (Å²) in [5.74, 6) is 0.993. The van der Waals surface area contributed by atoms with Crippen LogP contribution in [0.3, 0.4) is 0 Å². The first-order valence-corrected chi connectivity index (χ1v) is 11.0. The van der Waals surface area contributed by atoms with Crippen LogP contribution < -0.4 is 0 Å². The maximum atomic E-state index is 14.0. The molecule has 2 aliphatic rings. The van der Waals surface area contributed by atoms with Crippen molar-refractivity contribution < 1.29 is 13.2 Å². The molecular formula is C24H22F3N5. The van der Waals surface area contributed by atoms with Crippen LogP contribution in [0.4, 0.5) is 13.2 Å². The maximum absolute atomic E-state index is 14.0. The molecule has 3 aromatic heterocycles. The molecule has 6 rings (SSSR count). The fourth-order valence-corrected chi connectivity index (χ4v) is 4.87. The molecule has 0 spiro atoms. The average Bonchev–Trinajstić information content (AvgIpc) is 3.31. The van der Waals surface area contributed by atoms with Crippen LogP contribution in [-0.4, -0.2) is 43.7 Å². The summed E-state index contributed by atoms with van der Waals surface area (Å²) < 4.78 is 43.7. The number of likely N-dealkylation sites (tertiary alicyclic amines) is 1. The quantitative estimate of drug-likeness (QED) is 0.422. The molecular weight excluding hydrogens is 415 g/mol. The van der Waals surface area contributed by atoms with Crippen molar-refractivity contribution in [2.75, 3.05) is 13.1 Å². The van der Waals surface area contributed by atoms with Gasteiger partial charge in [0.1, 0.15) is 11.7 Å². The summed E-state index contributed by atoms with van der Waals surface area (Å²) in [5, 5.41) is 9.52. The number of pyridine rings is 2. The molecule has 1 aliphatic carbocycles. The van der Waals surface area contributed by atoms with Crippen molar-refractivity contribution in [3.8, 4) is 11.5 Å². The first-order chi connectivity index (χ1) is 15.5. The molecule has 164 valence electrons. The third kappa shape index (κ3) is 3.33. The van der Waals surface area contributed by atoms with Crippen LogP contribution in [0.25, 0.3) is 28.1 Å². The number of fused-ring (bicyclic) bond motifs is 2. The molecule has 1 saturated heterocycles. The minimum Gasteiger partial charge on any atom is -0.289 e. The first-order valence-electron chi connectivity index (χ1n) is 11.0. The van der Waals surface area contributed by atoms with Crippen LogP contribution in [0.2, 0.25) is 0 Å². The maximum Gasteiger partial charge on any atom is 0.408 e. The van der Waals surface area contributed by atoms with Crippen molar-refractivity contribution in [3.63, 3.8) is 0 Å². The Morgan fingerprint density at radius 3 is 2.50 bits per heavy atom. The lowest BCUT2D eigenvalue weighted by atomic mass is 10.1. The Morgan fingerprint density at radius 2 is 1.75 bits per heavy atom. The summed E-state index contributed by atoms with van der Waals surface area (Å²) in [7, 11) is 0. The third-order valence-electron chi connectivity index (χ3n) is 6.55. The predicted octanol–water partition coefficient (Wildman–Crippen LogP) is 5.52. The zero-order valence-electron chi connectivity index (χ0n) is 17.4. The molecule has 0 bridgehead atoms. The lowest BCUT2D eigenvalue weighted by Gasteiger charge is -2.29. The van der Waals surface area contributed by atoms with Gasteiger partial charge in [-0.05, 0) is 68.0 Å². The van der Waals surface area contributed by atoms with E-state index in [1.54, 1.807) is 10.5 Å². The van der Waals surface area contributed by atoms with E-state index < -0.39 is 12.2 Å². The topological polar surface area (TPSA) is 46.3 Å². The number of para-hydroxylation sites is 1. The van der Waals surface area contributed by atoms with Crippen LogP contribution in [0, 0.1) is 0 Å². The predicted molar refractivity (Wildman–Crippen MR) is 115 cm³/mol. The summed E-state index contributed by atoms with van der Waals surface area (Å²) in [5.41, 5.74) is 3.48. The zero-order valence-corrected chi connectivity index (χ0v) is 17.4. The van der Waals surface area contributed by atoms with E-state index in [0.29, 0.717) is 36.2 Å². The molecule has 2 fully saturated rings. The van der Waals surface area contributed by atoms with Crippen molar-refractivity contribution in [3.05, 3.63) is 59.8 Å². The highest BCUT2D eigenvalue weighted by atomic mass is 19.4. The molecule has 0 unspecified atom stereocenters. The molecule has 0 amide bonds. The number of alkyl halides is 3. The molecule has 5 nitrogen and oxygen atoms in total. The number of halogens is 3. The van der Waals surface area contributed by atoms with E-state index in [-0.39, 0.29) is 5.56 Å². The van der Waals surface area contributed by atoms with E-state index >= 15 is 0 Å². The van der Waals surface area contributed by atoms with Crippen LogP contribution in [0.15, 0.2) is 48.7 Å². The molecule has 32 heavy (non-hydrogen) atoms. The van der Waals surface area contributed by atoms with Crippen molar-refractivity contribution in [2.24, 2.45) is 0 Å².